The summed E-state index contributed by atoms with van der Waals surface area (Å²) in [6.45, 7) is 5.54. The normalized spacial score (nSPS) is 16.3. The minimum absolute atomic E-state index is 0.0138. The Hall–Kier alpha value is -3.15. The van der Waals surface area contributed by atoms with Crippen LogP contribution < -0.4 is 4.74 Å². The molecule has 1 aliphatic heterocycles. The molecule has 1 aromatic heterocycles. The SMILES string of the molecule is CCCCOc1ccc(C(=O)N2CCCCC2c2nc(-c3cccc(C)c3)no2)cc1. The Morgan fingerprint density at radius 1 is 1.19 bits per heavy atom. The molecule has 0 saturated carbocycles. The van der Waals surface area contributed by atoms with E-state index in [2.05, 4.69) is 17.1 Å². The van der Waals surface area contributed by atoms with Gasteiger partial charge in [-0.25, -0.2) is 0 Å². The average Bonchev–Trinajstić information content (AvgIpc) is 3.30. The topological polar surface area (TPSA) is 68.5 Å². The molecule has 0 bridgehead atoms. The Labute approximate surface area is 183 Å². The van der Waals surface area contributed by atoms with Crippen LogP contribution in [-0.4, -0.2) is 34.1 Å². The number of aromatic nitrogens is 2. The van der Waals surface area contributed by atoms with Crippen molar-refractivity contribution in [3.05, 3.63) is 65.5 Å². The third kappa shape index (κ3) is 4.95. The summed E-state index contributed by atoms with van der Waals surface area (Å²) in [5, 5.41) is 4.18. The highest BCUT2D eigenvalue weighted by molar-refractivity contribution is 5.94. The van der Waals surface area contributed by atoms with E-state index in [0.717, 1.165) is 49.0 Å². The number of rotatable bonds is 7. The van der Waals surface area contributed by atoms with E-state index < -0.39 is 0 Å². The van der Waals surface area contributed by atoms with E-state index in [4.69, 9.17) is 9.26 Å². The van der Waals surface area contributed by atoms with Gasteiger partial charge in [-0.2, -0.15) is 4.98 Å². The van der Waals surface area contributed by atoms with E-state index in [1.165, 1.54) is 0 Å². The van der Waals surface area contributed by atoms with Crippen LogP contribution >= 0.6 is 0 Å². The first-order valence-electron chi connectivity index (χ1n) is 11.1. The fourth-order valence-electron chi connectivity index (χ4n) is 3.90. The monoisotopic (exact) mass is 419 g/mol. The van der Waals surface area contributed by atoms with Gasteiger partial charge in [-0.3, -0.25) is 4.79 Å². The van der Waals surface area contributed by atoms with Crippen molar-refractivity contribution in [1.82, 2.24) is 15.0 Å². The number of carbonyl (C=O) groups excluding carboxylic acids is 1. The zero-order valence-corrected chi connectivity index (χ0v) is 18.2. The summed E-state index contributed by atoms with van der Waals surface area (Å²) >= 11 is 0. The smallest absolute Gasteiger partial charge is 0.254 e. The number of hydrogen-bond donors (Lipinski definition) is 0. The summed E-state index contributed by atoms with van der Waals surface area (Å²) in [6.07, 6.45) is 4.93. The van der Waals surface area contributed by atoms with Crippen LogP contribution in [0.5, 0.6) is 5.75 Å². The minimum Gasteiger partial charge on any atom is -0.494 e. The molecule has 2 heterocycles. The third-order valence-corrected chi connectivity index (χ3v) is 5.63. The fraction of sp³-hybridized carbons (Fsp3) is 0.400. The van der Waals surface area contributed by atoms with Crippen LogP contribution in [0.25, 0.3) is 11.4 Å². The predicted octanol–water partition coefficient (Wildman–Crippen LogP) is 5.59. The Bertz CT molecular complexity index is 1010. The summed E-state index contributed by atoms with van der Waals surface area (Å²) in [5.41, 5.74) is 2.70. The number of likely N-dealkylation sites (tertiary alicyclic amines) is 1. The van der Waals surface area contributed by atoms with E-state index in [1.54, 1.807) is 0 Å². The van der Waals surface area contributed by atoms with Crippen molar-refractivity contribution < 1.29 is 14.1 Å². The van der Waals surface area contributed by atoms with E-state index in [1.807, 2.05) is 60.4 Å². The van der Waals surface area contributed by atoms with Crippen molar-refractivity contribution in [3.8, 4) is 17.1 Å². The molecule has 0 radical (unpaired) electrons. The number of aryl methyl sites for hydroxylation is 1. The highest BCUT2D eigenvalue weighted by Gasteiger charge is 2.32. The molecule has 1 fully saturated rings. The molecule has 6 heteroatoms. The number of amides is 1. The quantitative estimate of drug-likeness (QED) is 0.467. The molecular formula is C25H29N3O3. The van der Waals surface area contributed by atoms with Crippen LogP contribution in [0.3, 0.4) is 0 Å². The van der Waals surface area contributed by atoms with Gasteiger partial charge in [-0.05, 0) is 62.9 Å². The number of benzene rings is 2. The van der Waals surface area contributed by atoms with Crippen LogP contribution in [0.15, 0.2) is 53.1 Å². The van der Waals surface area contributed by atoms with Crippen LogP contribution in [0.4, 0.5) is 0 Å². The van der Waals surface area contributed by atoms with Crippen LogP contribution in [-0.2, 0) is 0 Å². The second-order valence-corrected chi connectivity index (χ2v) is 8.06. The van der Waals surface area contributed by atoms with Crippen molar-refractivity contribution in [2.75, 3.05) is 13.2 Å². The summed E-state index contributed by atoms with van der Waals surface area (Å²) < 4.78 is 11.3. The lowest BCUT2D eigenvalue weighted by atomic mass is 10.0. The van der Waals surface area contributed by atoms with E-state index in [0.29, 0.717) is 30.4 Å². The van der Waals surface area contributed by atoms with Crippen molar-refractivity contribution in [1.29, 1.82) is 0 Å². The molecule has 3 aromatic rings. The van der Waals surface area contributed by atoms with Gasteiger partial charge < -0.3 is 14.2 Å². The molecule has 2 aromatic carbocycles. The van der Waals surface area contributed by atoms with Gasteiger partial charge in [0.2, 0.25) is 11.7 Å². The molecule has 1 unspecified atom stereocenters. The molecule has 4 rings (SSSR count). The van der Waals surface area contributed by atoms with Crippen molar-refractivity contribution in [2.24, 2.45) is 0 Å². The number of carbonyl (C=O) groups is 1. The van der Waals surface area contributed by atoms with E-state index >= 15 is 0 Å². The predicted molar refractivity (Wildman–Crippen MR) is 119 cm³/mol. The highest BCUT2D eigenvalue weighted by Crippen LogP contribution is 2.32. The standard InChI is InChI=1S/C25H29N3O3/c1-3-4-16-30-21-13-11-19(12-14-21)25(29)28-15-6-5-10-22(28)24-26-23(27-31-24)20-9-7-8-18(2)17-20/h7-9,11-14,17,22H,3-6,10,15-16H2,1-2H3. The number of ether oxygens (including phenoxy) is 1. The molecule has 1 aliphatic rings. The summed E-state index contributed by atoms with van der Waals surface area (Å²) in [4.78, 5) is 19.8. The van der Waals surface area contributed by atoms with E-state index in [-0.39, 0.29) is 11.9 Å². The largest absolute Gasteiger partial charge is 0.494 e. The van der Waals surface area contributed by atoms with Gasteiger partial charge in [0, 0.05) is 17.7 Å². The number of unbranched alkanes of at least 4 members (excludes halogenated alkanes) is 1. The van der Waals surface area contributed by atoms with Crippen LogP contribution in [0.2, 0.25) is 0 Å². The second-order valence-electron chi connectivity index (χ2n) is 8.06. The Morgan fingerprint density at radius 2 is 2.03 bits per heavy atom. The molecule has 31 heavy (non-hydrogen) atoms. The first kappa shape index (κ1) is 21.1. The number of hydrogen-bond acceptors (Lipinski definition) is 5. The Balaban J connectivity index is 1.50. The number of piperidine rings is 1. The molecule has 0 spiro atoms. The molecule has 6 nitrogen and oxygen atoms in total. The molecule has 1 atom stereocenters. The molecule has 0 aliphatic carbocycles. The maximum Gasteiger partial charge on any atom is 0.254 e. The molecule has 0 N–H and O–H groups in total. The molecule has 162 valence electrons. The van der Waals surface area contributed by atoms with Crippen molar-refractivity contribution in [2.45, 2.75) is 52.0 Å². The minimum atomic E-state index is -0.201. The zero-order valence-electron chi connectivity index (χ0n) is 18.2. The molecule has 1 saturated heterocycles. The van der Waals surface area contributed by atoms with Crippen LogP contribution in [0.1, 0.15) is 66.9 Å². The van der Waals surface area contributed by atoms with Crippen molar-refractivity contribution in [3.63, 3.8) is 0 Å². The van der Waals surface area contributed by atoms with E-state index in [9.17, 15) is 4.79 Å². The lowest BCUT2D eigenvalue weighted by Gasteiger charge is -2.33. The van der Waals surface area contributed by atoms with Gasteiger partial charge in [0.25, 0.3) is 5.91 Å². The highest BCUT2D eigenvalue weighted by atomic mass is 16.5. The second kappa shape index (κ2) is 9.77. The first-order valence-corrected chi connectivity index (χ1v) is 11.1. The van der Waals surface area contributed by atoms with Gasteiger partial charge in [-0.15, -0.1) is 0 Å². The zero-order chi connectivity index (χ0) is 21.6. The maximum absolute atomic E-state index is 13.3. The number of nitrogens with zero attached hydrogens (tertiary/aromatic N) is 3. The summed E-state index contributed by atoms with van der Waals surface area (Å²) in [7, 11) is 0. The van der Waals surface area contributed by atoms with Gasteiger partial charge >= 0.3 is 0 Å². The third-order valence-electron chi connectivity index (χ3n) is 5.63. The van der Waals surface area contributed by atoms with Crippen molar-refractivity contribution >= 4 is 5.91 Å². The van der Waals surface area contributed by atoms with Gasteiger partial charge in [0.15, 0.2) is 0 Å². The Morgan fingerprint density at radius 3 is 2.81 bits per heavy atom. The van der Waals surface area contributed by atoms with Gasteiger partial charge in [0.05, 0.1) is 6.61 Å². The molecular weight excluding hydrogens is 390 g/mol. The molecule has 1 amide bonds. The first-order chi connectivity index (χ1) is 15.2. The lowest BCUT2D eigenvalue weighted by Crippen LogP contribution is -2.38. The Kier molecular flexibility index (Phi) is 6.65. The lowest BCUT2D eigenvalue weighted by molar-refractivity contribution is 0.0561. The summed E-state index contributed by atoms with van der Waals surface area (Å²) in [6, 6.07) is 15.2. The average molecular weight is 420 g/mol. The maximum atomic E-state index is 13.3. The van der Waals surface area contributed by atoms with Crippen LogP contribution in [0, 0.1) is 6.92 Å². The summed E-state index contributed by atoms with van der Waals surface area (Å²) in [5.74, 6) is 1.84. The van der Waals surface area contributed by atoms with Gasteiger partial charge in [-0.1, -0.05) is 42.3 Å². The van der Waals surface area contributed by atoms with Gasteiger partial charge in [0.1, 0.15) is 11.8 Å². The fourth-order valence-corrected chi connectivity index (χ4v) is 3.90.